The second-order valence-electron chi connectivity index (χ2n) is 5.83. The smallest absolute Gasteiger partial charge is 0.249 e. The van der Waals surface area contributed by atoms with E-state index >= 15 is 0 Å². The second kappa shape index (κ2) is 5.72. The average molecular weight is 371 g/mol. The first kappa shape index (κ1) is 15.0. The molecule has 1 unspecified atom stereocenters. The van der Waals surface area contributed by atoms with E-state index < -0.39 is 5.54 Å². The third-order valence-corrected chi connectivity index (χ3v) is 6.47. The van der Waals surface area contributed by atoms with E-state index in [1.54, 1.807) is 16.2 Å². The summed E-state index contributed by atoms with van der Waals surface area (Å²) in [7, 11) is 0. The zero-order valence-corrected chi connectivity index (χ0v) is 14.4. The summed E-state index contributed by atoms with van der Waals surface area (Å²) in [4.78, 5) is 28.3. The Bertz CT molecular complexity index is 566. The van der Waals surface area contributed by atoms with E-state index in [2.05, 4.69) is 21.2 Å². The van der Waals surface area contributed by atoms with Crippen molar-refractivity contribution in [3.05, 3.63) is 20.8 Å². The minimum Gasteiger partial charge on any atom is -0.340 e. The van der Waals surface area contributed by atoms with Gasteiger partial charge < -0.3 is 10.2 Å². The number of nitrogens with zero attached hydrogens (tertiary/aromatic N) is 1. The summed E-state index contributed by atoms with van der Waals surface area (Å²) in [5.41, 5.74) is -0.632. The molecule has 2 aliphatic rings. The van der Waals surface area contributed by atoms with Crippen LogP contribution >= 0.6 is 27.3 Å². The van der Waals surface area contributed by atoms with Crippen LogP contribution in [0.15, 0.2) is 15.9 Å². The number of thiophene rings is 1. The van der Waals surface area contributed by atoms with E-state index in [0.717, 1.165) is 35.0 Å². The van der Waals surface area contributed by atoms with Gasteiger partial charge in [-0.15, -0.1) is 11.3 Å². The molecule has 4 nitrogen and oxygen atoms in total. The molecule has 1 aliphatic carbocycles. The van der Waals surface area contributed by atoms with Gasteiger partial charge in [0.2, 0.25) is 11.8 Å². The van der Waals surface area contributed by atoms with Gasteiger partial charge in [0.05, 0.1) is 6.54 Å². The normalized spacial score (nSPS) is 24.7. The average Bonchev–Trinajstić information content (AvgIpc) is 3.07. The van der Waals surface area contributed by atoms with Crippen LogP contribution in [0.25, 0.3) is 0 Å². The molecule has 1 spiro atoms. The molecule has 1 aromatic heterocycles. The van der Waals surface area contributed by atoms with Gasteiger partial charge >= 0.3 is 0 Å². The van der Waals surface area contributed by atoms with Gasteiger partial charge in [-0.3, -0.25) is 9.59 Å². The maximum Gasteiger partial charge on any atom is 0.249 e. The molecule has 1 atom stereocenters. The Morgan fingerprint density at radius 1 is 1.43 bits per heavy atom. The Morgan fingerprint density at radius 3 is 2.71 bits per heavy atom. The molecule has 114 valence electrons. The first-order chi connectivity index (χ1) is 10.1. The van der Waals surface area contributed by atoms with E-state index in [0.29, 0.717) is 13.0 Å². The van der Waals surface area contributed by atoms with Gasteiger partial charge in [-0.25, -0.2) is 0 Å². The summed E-state index contributed by atoms with van der Waals surface area (Å²) >= 11 is 5.13. The van der Waals surface area contributed by atoms with Crippen molar-refractivity contribution < 1.29 is 9.59 Å². The zero-order chi connectivity index (χ0) is 15.0. The Kier molecular flexibility index (Phi) is 4.10. The van der Waals surface area contributed by atoms with Crippen LogP contribution in [0.4, 0.5) is 0 Å². The number of hydrogen-bond acceptors (Lipinski definition) is 3. The first-order valence-corrected chi connectivity index (χ1v) is 9.09. The number of halogens is 1. The van der Waals surface area contributed by atoms with Crippen molar-refractivity contribution in [2.75, 3.05) is 0 Å². The molecule has 21 heavy (non-hydrogen) atoms. The molecule has 1 N–H and O–H groups in total. The quantitative estimate of drug-likeness (QED) is 0.888. The Morgan fingerprint density at radius 2 is 2.14 bits per heavy atom. The van der Waals surface area contributed by atoms with Crippen LogP contribution in [0, 0.1) is 0 Å². The molecule has 2 fully saturated rings. The summed E-state index contributed by atoms with van der Waals surface area (Å²) in [6, 6.07) is 1.64. The lowest BCUT2D eigenvalue weighted by Gasteiger charge is -2.44. The van der Waals surface area contributed by atoms with Crippen LogP contribution in [-0.2, 0) is 16.1 Å². The molecule has 3 rings (SSSR count). The fourth-order valence-electron chi connectivity index (χ4n) is 3.43. The molecule has 2 amide bonds. The predicted molar refractivity (Wildman–Crippen MR) is 86.0 cm³/mol. The summed E-state index contributed by atoms with van der Waals surface area (Å²) in [5.74, 6) is 0.110. The SMILES string of the molecule is CCC1C(=O)NC2(CCCC2)C(=O)N1Cc1sccc1Br. The van der Waals surface area contributed by atoms with Crippen molar-refractivity contribution in [1.82, 2.24) is 10.2 Å². The molecule has 0 bridgehead atoms. The topological polar surface area (TPSA) is 49.4 Å². The van der Waals surface area contributed by atoms with Crippen molar-refractivity contribution in [2.24, 2.45) is 0 Å². The highest BCUT2D eigenvalue weighted by Crippen LogP contribution is 2.36. The highest BCUT2D eigenvalue weighted by atomic mass is 79.9. The molecule has 1 saturated heterocycles. The van der Waals surface area contributed by atoms with Gasteiger partial charge in [-0.2, -0.15) is 0 Å². The molecule has 1 aliphatic heterocycles. The van der Waals surface area contributed by atoms with Gasteiger partial charge in [0.25, 0.3) is 0 Å². The molecule has 1 aromatic rings. The molecular weight excluding hydrogens is 352 g/mol. The minimum atomic E-state index is -0.632. The summed E-state index contributed by atoms with van der Waals surface area (Å²) < 4.78 is 1.02. The second-order valence-corrected chi connectivity index (χ2v) is 7.68. The Labute approximate surface area is 137 Å². The molecule has 0 aromatic carbocycles. The lowest BCUT2D eigenvalue weighted by atomic mass is 9.90. The largest absolute Gasteiger partial charge is 0.340 e. The van der Waals surface area contributed by atoms with Crippen LogP contribution in [0.3, 0.4) is 0 Å². The van der Waals surface area contributed by atoms with Crippen LogP contribution in [0.1, 0.15) is 43.9 Å². The summed E-state index contributed by atoms with van der Waals surface area (Å²) in [6.45, 7) is 2.48. The molecule has 0 radical (unpaired) electrons. The number of carbonyl (C=O) groups excluding carboxylic acids is 2. The van der Waals surface area contributed by atoms with Crippen molar-refractivity contribution in [3.8, 4) is 0 Å². The van der Waals surface area contributed by atoms with E-state index in [1.807, 2.05) is 18.4 Å². The van der Waals surface area contributed by atoms with E-state index in [1.165, 1.54) is 0 Å². The molecule has 6 heteroatoms. The summed E-state index contributed by atoms with van der Waals surface area (Å²) in [6.07, 6.45) is 4.22. The van der Waals surface area contributed by atoms with E-state index in [4.69, 9.17) is 0 Å². The third kappa shape index (κ3) is 2.52. The molecule has 2 heterocycles. The van der Waals surface area contributed by atoms with Gasteiger partial charge in [0.15, 0.2) is 0 Å². The van der Waals surface area contributed by atoms with Crippen LogP contribution in [0.5, 0.6) is 0 Å². The van der Waals surface area contributed by atoms with Crippen molar-refractivity contribution in [3.63, 3.8) is 0 Å². The van der Waals surface area contributed by atoms with Crippen LogP contribution < -0.4 is 5.32 Å². The predicted octanol–water partition coefficient (Wildman–Crippen LogP) is 3.06. The number of piperazine rings is 1. The van der Waals surface area contributed by atoms with Crippen molar-refractivity contribution in [1.29, 1.82) is 0 Å². The highest BCUT2D eigenvalue weighted by Gasteiger charge is 2.51. The van der Waals surface area contributed by atoms with Crippen molar-refractivity contribution in [2.45, 2.75) is 57.2 Å². The van der Waals surface area contributed by atoms with Gasteiger partial charge in [0, 0.05) is 9.35 Å². The van der Waals surface area contributed by atoms with Gasteiger partial charge in [-0.1, -0.05) is 19.8 Å². The number of hydrogen-bond donors (Lipinski definition) is 1. The summed E-state index contributed by atoms with van der Waals surface area (Å²) in [5, 5.41) is 5.03. The van der Waals surface area contributed by atoms with Gasteiger partial charge in [-0.05, 0) is 46.6 Å². The molecule has 1 saturated carbocycles. The number of carbonyl (C=O) groups is 2. The van der Waals surface area contributed by atoms with E-state index in [-0.39, 0.29) is 17.9 Å². The van der Waals surface area contributed by atoms with Gasteiger partial charge in [0.1, 0.15) is 11.6 Å². The third-order valence-electron chi connectivity index (χ3n) is 4.56. The lowest BCUT2D eigenvalue weighted by molar-refractivity contribution is -0.155. The molecular formula is C15H19BrN2O2S. The lowest BCUT2D eigenvalue weighted by Crippen LogP contribution is -2.68. The highest BCUT2D eigenvalue weighted by molar-refractivity contribution is 9.10. The van der Waals surface area contributed by atoms with Crippen LogP contribution in [0.2, 0.25) is 0 Å². The number of rotatable bonds is 3. The first-order valence-electron chi connectivity index (χ1n) is 7.42. The fraction of sp³-hybridized carbons (Fsp3) is 0.600. The van der Waals surface area contributed by atoms with E-state index in [9.17, 15) is 9.59 Å². The monoisotopic (exact) mass is 370 g/mol. The maximum atomic E-state index is 13.0. The van der Waals surface area contributed by atoms with Crippen LogP contribution in [-0.4, -0.2) is 28.3 Å². The Balaban J connectivity index is 1.91. The standard InChI is InChI=1S/C15H19BrN2O2S/c1-2-11-13(19)17-15(6-3-4-7-15)14(20)18(11)9-12-10(16)5-8-21-12/h5,8,11H,2-4,6-7,9H2,1H3,(H,17,19). The zero-order valence-electron chi connectivity index (χ0n) is 12.0. The van der Waals surface area contributed by atoms with Crippen molar-refractivity contribution >= 4 is 39.1 Å². The minimum absolute atomic E-state index is 0.00618. The Hall–Kier alpha value is -0.880. The maximum absolute atomic E-state index is 13.0. The number of amides is 2. The fourth-order valence-corrected chi connectivity index (χ4v) is 4.90. The number of nitrogens with one attached hydrogen (secondary N) is 1.